The van der Waals surface area contributed by atoms with Crippen molar-refractivity contribution in [3.8, 4) is 5.75 Å². The van der Waals surface area contributed by atoms with Crippen LogP contribution in [0.5, 0.6) is 5.75 Å². The van der Waals surface area contributed by atoms with Crippen LogP contribution in [0, 0.1) is 0 Å². The van der Waals surface area contributed by atoms with Crippen LogP contribution in [-0.4, -0.2) is 51.4 Å². The van der Waals surface area contributed by atoms with Gasteiger partial charge in [-0.1, -0.05) is 12.1 Å². The molecule has 2 aromatic rings. The molecule has 29 heavy (non-hydrogen) atoms. The number of carbonyl (C=O) groups is 2. The number of hydrogen-bond donors (Lipinski definition) is 2. The average molecular weight is 421 g/mol. The van der Waals surface area contributed by atoms with E-state index in [0.29, 0.717) is 5.75 Å². The third-order valence-corrected chi connectivity index (χ3v) is 5.27. The summed E-state index contributed by atoms with van der Waals surface area (Å²) in [5.41, 5.74) is 0.519. The Kier molecular flexibility index (Phi) is 7.35. The number of benzene rings is 2. The fourth-order valence-electron chi connectivity index (χ4n) is 2.57. The molecule has 0 aliphatic rings. The molecule has 0 aliphatic heterocycles. The molecule has 0 spiro atoms. The van der Waals surface area contributed by atoms with E-state index in [1.807, 2.05) is 0 Å². The zero-order chi connectivity index (χ0) is 21.6. The molecule has 2 rings (SSSR count). The molecule has 9 heteroatoms. The Bertz CT molecular complexity index is 953. The fraction of sp³-hybridized carbons (Fsp3) is 0.300. The van der Waals surface area contributed by atoms with Crippen molar-refractivity contribution in [2.24, 2.45) is 0 Å². The highest BCUT2D eigenvalue weighted by molar-refractivity contribution is 7.90. The summed E-state index contributed by atoms with van der Waals surface area (Å²) in [5.74, 6) is -0.832. The maximum atomic E-state index is 12.5. The second-order valence-corrected chi connectivity index (χ2v) is 8.23. The predicted octanol–water partition coefficient (Wildman–Crippen LogP) is 1.49. The number of ether oxygens (including phenoxy) is 2. The maximum Gasteiger partial charge on any atom is 0.331 e. The van der Waals surface area contributed by atoms with Crippen molar-refractivity contribution in [3.63, 3.8) is 0 Å². The molecule has 2 atom stereocenters. The topological polar surface area (TPSA) is 119 Å². The van der Waals surface area contributed by atoms with Gasteiger partial charge >= 0.3 is 5.97 Å². The van der Waals surface area contributed by atoms with Gasteiger partial charge in [0.05, 0.1) is 18.6 Å². The standard InChI is InChI=1S/C20H23NO7S/c1-4-28-20(24)17(21-19(23)14-5-9-15(27-2)10-6-14)18(22)13-7-11-16(12-8-13)29(3,25)26/h5-12,17-18,22H,4H2,1-3H3,(H,21,23)/t17-,18-/m0/s1. The zero-order valence-electron chi connectivity index (χ0n) is 16.3. The molecule has 2 N–H and O–H groups in total. The number of rotatable bonds is 8. The predicted molar refractivity (Wildman–Crippen MR) is 105 cm³/mol. The van der Waals surface area contributed by atoms with Crippen LogP contribution in [0.4, 0.5) is 0 Å². The second kappa shape index (κ2) is 9.53. The summed E-state index contributed by atoms with van der Waals surface area (Å²) in [7, 11) is -1.91. The Labute approximate surface area is 169 Å². The Balaban J connectivity index is 2.26. The Morgan fingerprint density at radius 1 is 1.07 bits per heavy atom. The minimum atomic E-state index is -3.40. The van der Waals surface area contributed by atoms with Gasteiger partial charge in [-0.3, -0.25) is 4.79 Å². The number of aliphatic hydroxyl groups excluding tert-OH is 1. The van der Waals surface area contributed by atoms with Crippen molar-refractivity contribution in [1.82, 2.24) is 5.32 Å². The van der Waals surface area contributed by atoms with Gasteiger partial charge in [-0.25, -0.2) is 13.2 Å². The first-order valence-electron chi connectivity index (χ1n) is 8.77. The van der Waals surface area contributed by atoms with Crippen LogP contribution in [0.25, 0.3) is 0 Å². The van der Waals surface area contributed by atoms with Crippen molar-refractivity contribution in [3.05, 3.63) is 59.7 Å². The molecule has 0 radical (unpaired) electrons. The first-order chi connectivity index (χ1) is 13.7. The summed E-state index contributed by atoms with van der Waals surface area (Å²) in [6.07, 6.45) is -0.376. The summed E-state index contributed by atoms with van der Waals surface area (Å²) in [6.45, 7) is 1.67. The molecule has 0 aromatic heterocycles. The van der Waals surface area contributed by atoms with Crippen LogP contribution < -0.4 is 10.1 Å². The Morgan fingerprint density at radius 3 is 2.14 bits per heavy atom. The Morgan fingerprint density at radius 2 is 1.66 bits per heavy atom. The van der Waals surface area contributed by atoms with Crippen molar-refractivity contribution in [2.75, 3.05) is 20.0 Å². The van der Waals surface area contributed by atoms with Gasteiger partial charge in [-0.15, -0.1) is 0 Å². The largest absolute Gasteiger partial charge is 0.497 e. The second-order valence-electron chi connectivity index (χ2n) is 6.22. The normalized spacial score (nSPS) is 13.2. The Hall–Kier alpha value is -2.91. The molecule has 1 amide bonds. The lowest BCUT2D eigenvalue weighted by Crippen LogP contribution is -2.46. The van der Waals surface area contributed by atoms with E-state index in [1.165, 1.54) is 43.5 Å². The molecule has 0 saturated carbocycles. The lowest BCUT2D eigenvalue weighted by Gasteiger charge is -2.23. The molecule has 0 bridgehead atoms. The lowest BCUT2D eigenvalue weighted by atomic mass is 10.0. The summed E-state index contributed by atoms with van der Waals surface area (Å²) >= 11 is 0. The zero-order valence-corrected chi connectivity index (χ0v) is 17.1. The monoisotopic (exact) mass is 421 g/mol. The minimum Gasteiger partial charge on any atom is -0.497 e. The lowest BCUT2D eigenvalue weighted by molar-refractivity contribution is -0.148. The van der Waals surface area contributed by atoms with Gasteiger partial charge in [0.15, 0.2) is 15.9 Å². The number of hydrogen-bond acceptors (Lipinski definition) is 7. The van der Waals surface area contributed by atoms with Gasteiger partial charge in [0.25, 0.3) is 5.91 Å². The van der Waals surface area contributed by atoms with Crippen LogP contribution in [0.2, 0.25) is 0 Å². The molecular formula is C20H23NO7S. The highest BCUT2D eigenvalue weighted by Gasteiger charge is 2.31. The number of nitrogens with one attached hydrogen (secondary N) is 1. The van der Waals surface area contributed by atoms with E-state index in [1.54, 1.807) is 19.1 Å². The average Bonchev–Trinajstić information content (AvgIpc) is 2.71. The molecule has 0 aliphatic carbocycles. The highest BCUT2D eigenvalue weighted by atomic mass is 32.2. The summed E-state index contributed by atoms with van der Waals surface area (Å²) < 4.78 is 33.2. The number of esters is 1. The van der Waals surface area contributed by atoms with Gasteiger partial charge in [-0.2, -0.15) is 0 Å². The maximum absolute atomic E-state index is 12.5. The van der Waals surface area contributed by atoms with Gasteiger partial charge in [0.2, 0.25) is 0 Å². The SMILES string of the molecule is CCOC(=O)[C@@H](NC(=O)c1ccc(OC)cc1)[C@@H](O)c1ccc(S(C)(=O)=O)cc1. The molecule has 156 valence electrons. The smallest absolute Gasteiger partial charge is 0.331 e. The molecule has 0 saturated heterocycles. The number of aliphatic hydroxyl groups is 1. The number of sulfone groups is 1. The van der Waals surface area contributed by atoms with Crippen molar-refractivity contribution < 1.29 is 32.6 Å². The van der Waals surface area contributed by atoms with E-state index >= 15 is 0 Å². The first kappa shape index (κ1) is 22.4. The number of methoxy groups -OCH3 is 1. The van der Waals surface area contributed by atoms with E-state index in [-0.39, 0.29) is 22.6 Å². The van der Waals surface area contributed by atoms with E-state index in [2.05, 4.69) is 5.32 Å². The first-order valence-corrected chi connectivity index (χ1v) is 10.7. The summed E-state index contributed by atoms with van der Waals surface area (Å²) in [6, 6.07) is 10.2. The van der Waals surface area contributed by atoms with Gasteiger partial charge in [-0.05, 0) is 48.9 Å². The van der Waals surface area contributed by atoms with Gasteiger partial charge in [0.1, 0.15) is 11.9 Å². The van der Waals surface area contributed by atoms with E-state index < -0.39 is 33.9 Å². The van der Waals surface area contributed by atoms with Gasteiger partial charge in [0, 0.05) is 11.8 Å². The van der Waals surface area contributed by atoms with Crippen LogP contribution in [0.1, 0.15) is 28.9 Å². The van der Waals surface area contributed by atoms with Crippen LogP contribution in [0.3, 0.4) is 0 Å². The quantitative estimate of drug-likeness (QED) is 0.620. The summed E-state index contributed by atoms with van der Waals surface area (Å²) in [5, 5.41) is 13.1. The van der Waals surface area contributed by atoms with Crippen LogP contribution in [-0.2, 0) is 19.4 Å². The third-order valence-electron chi connectivity index (χ3n) is 4.14. The third kappa shape index (κ3) is 5.78. The number of amides is 1. The fourth-order valence-corrected chi connectivity index (χ4v) is 3.20. The van der Waals surface area contributed by atoms with Crippen LogP contribution in [0.15, 0.2) is 53.4 Å². The molecule has 0 unspecified atom stereocenters. The van der Waals surface area contributed by atoms with E-state index in [9.17, 15) is 23.1 Å². The van der Waals surface area contributed by atoms with Crippen molar-refractivity contribution >= 4 is 21.7 Å². The molecule has 2 aromatic carbocycles. The van der Waals surface area contributed by atoms with Crippen molar-refractivity contribution in [2.45, 2.75) is 24.0 Å². The molecule has 8 nitrogen and oxygen atoms in total. The van der Waals surface area contributed by atoms with Gasteiger partial charge < -0.3 is 19.9 Å². The molecule has 0 fully saturated rings. The molecular weight excluding hydrogens is 398 g/mol. The molecule has 0 heterocycles. The summed E-state index contributed by atoms with van der Waals surface area (Å²) in [4.78, 5) is 24.9. The van der Waals surface area contributed by atoms with Crippen LogP contribution >= 0.6 is 0 Å². The van der Waals surface area contributed by atoms with E-state index in [4.69, 9.17) is 9.47 Å². The minimum absolute atomic E-state index is 0.0630. The highest BCUT2D eigenvalue weighted by Crippen LogP contribution is 2.21. The van der Waals surface area contributed by atoms with Crippen molar-refractivity contribution in [1.29, 1.82) is 0 Å². The van der Waals surface area contributed by atoms with E-state index in [0.717, 1.165) is 6.26 Å². The number of carbonyl (C=O) groups excluding carboxylic acids is 2.